The van der Waals surface area contributed by atoms with E-state index in [9.17, 15) is 0 Å². The van der Waals surface area contributed by atoms with Gasteiger partial charge >= 0.3 is 0 Å². The minimum atomic E-state index is 0.283. The van der Waals surface area contributed by atoms with Crippen LogP contribution in [0.15, 0.2) is 54.9 Å². The number of fused-ring (bicyclic) bond motifs is 1. The van der Waals surface area contributed by atoms with E-state index in [0.717, 1.165) is 54.9 Å². The van der Waals surface area contributed by atoms with E-state index in [1.807, 2.05) is 42.6 Å². The smallest absolute Gasteiger partial charge is 0.231 e. The Kier molecular flexibility index (Phi) is 4.73. The van der Waals surface area contributed by atoms with Gasteiger partial charge in [0, 0.05) is 45.1 Å². The molecule has 148 valence electrons. The highest BCUT2D eigenvalue weighted by atomic mass is 16.7. The number of nitrogens with one attached hydrogen (secondary N) is 1. The lowest BCUT2D eigenvalue weighted by Gasteiger charge is -2.36. The van der Waals surface area contributed by atoms with Crippen LogP contribution in [0.1, 0.15) is 5.56 Å². The Morgan fingerprint density at radius 1 is 0.828 bits per heavy atom. The van der Waals surface area contributed by atoms with Crippen LogP contribution >= 0.6 is 0 Å². The summed E-state index contributed by atoms with van der Waals surface area (Å²) in [6, 6.07) is 13.9. The van der Waals surface area contributed by atoms with Gasteiger partial charge in [0.25, 0.3) is 0 Å². The zero-order valence-electron chi connectivity index (χ0n) is 16.0. The van der Waals surface area contributed by atoms with Crippen LogP contribution in [-0.2, 0) is 6.54 Å². The van der Waals surface area contributed by atoms with Crippen molar-refractivity contribution in [2.75, 3.05) is 48.1 Å². The van der Waals surface area contributed by atoms with E-state index in [0.29, 0.717) is 12.5 Å². The van der Waals surface area contributed by atoms with Gasteiger partial charge < -0.3 is 24.6 Å². The fourth-order valence-corrected chi connectivity index (χ4v) is 3.55. The summed E-state index contributed by atoms with van der Waals surface area (Å²) in [5.74, 6) is 4.16. The quantitative estimate of drug-likeness (QED) is 0.712. The minimum absolute atomic E-state index is 0.283. The summed E-state index contributed by atoms with van der Waals surface area (Å²) < 4.78 is 10.8. The SMILES string of the molecule is c1ccc(N2CCN(c3ccnc(NCc4ccc5c(c4)OCO5)n3)CC2)nc1. The van der Waals surface area contributed by atoms with Gasteiger partial charge in [0.1, 0.15) is 11.6 Å². The van der Waals surface area contributed by atoms with E-state index < -0.39 is 0 Å². The lowest BCUT2D eigenvalue weighted by Crippen LogP contribution is -2.47. The third-order valence-corrected chi connectivity index (χ3v) is 5.11. The van der Waals surface area contributed by atoms with Gasteiger partial charge in [-0.05, 0) is 35.9 Å². The standard InChI is InChI=1S/C21H22N6O2/c1-2-7-22-19(3-1)26-9-11-27(12-10-26)20-6-8-23-21(25-20)24-14-16-4-5-17-18(13-16)29-15-28-17/h1-8,13H,9-12,14-15H2,(H,23,24,25). The summed E-state index contributed by atoms with van der Waals surface area (Å²) in [4.78, 5) is 18.1. The molecule has 0 bridgehead atoms. The molecular weight excluding hydrogens is 368 g/mol. The van der Waals surface area contributed by atoms with Gasteiger partial charge in [-0.2, -0.15) is 4.98 Å². The Balaban J connectivity index is 1.20. The van der Waals surface area contributed by atoms with Crippen LogP contribution in [0, 0.1) is 0 Å². The van der Waals surface area contributed by atoms with E-state index in [-0.39, 0.29) is 6.79 Å². The van der Waals surface area contributed by atoms with Crippen molar-refractivity contribution in [3.63, 3.8) is 0 Å². The second-order valence-electron chi connectivity index (χ2n) is 6.94. The normalized spacial score (nSPS) is 15.4. The maximum atomic E-state index is 5.43. The lowest BCUT2D eigenvalue weighted by atomic mass is 10.2. The summed E-state index contributed by atoms with van der Waals surface area (Å²) in [5.41, 5.74) is 1.09. The van der Waals surface area contributed by atoms with Gasteiger partial charge in [0.15, 0.2) is 11.5 Å². The molecule has 0 amide bonds. The fraction of sp³-hybridized carbons (Fsp3) is 0.286. The highest BCUT2D eigenvalue weighted by Gasteiger charge is 2.19. The summed E-state index contributed by atoms with van der Waals surface area (Å²) >= 11 is 0. The molecule has 1 saturated heterocycles. The molecule has 8 nitrogen and oxygen atoms in total. The third-order valence-electron chi connectivity index (χ3n) is 5.11. The van der Waals surface area contributed by atoms with E-state index >= 15 is 0 Å². The molecule has 1 fully saturated rings. The molecule has 3 aromatic rings. The molecule has 0 spiro atoms. The molecule has 5 rings (SSSR count). The maximum absolute atomic E-state index is 5.43. The third kappa shape index (κ3) is 3.87. The molecule has 29 heavy (non-hydrogen) atoms. The molecule has 0 radical (unpaired) electrons. The molecule has 0 aliphatic carbocycles. The van der Waals surface area contributed by atoms with Gasteiger partial charge in [-0.1, -0.05) is 12.1 Å². The van der Waals surface area contributed by atoms with Gasteiger partial charge in [-0.15, -0.1) is 0 Å². The topological polar surface area (TPSA) is 75.6 Å². The first-order chi connectivity index (χ1) is 14.3. The van der Waals surface area contributed by atoms with Gasteiger partial charge in [0.05, 0.1) is 0 Å². The predicted molar refractivity (Wildman–Crippen MR) is 111 cm³/mol. The largest absolute Gasteiger partial charge is 0.454 e. The second kappa shape index (κ2) is 7.83. The van der Waals surface area contributed by atoms with Crippen LogP contribution < -0.4 is 24.6 Å². The average molecular weight is 390 g/mol. The fourth-order valence-electron chi connectivity index (χ4n) is 3.55. The number of nitrogens with zero attached hydrogens (tertiary/aromatic N) is 5. The number of hydrogen-bond acceptors (Lipinski definition) is 8. The highest BCUT2D eigenvalue weighted by Crippen LogP contribution is 2.32. The Hall–Kier alpha value is -3.55. The van der Waals surface area contributed by atoms with E-state index in [4.69, 9.17) is 14.5 Å². The van der Waals surface area contributed by atoms with E-state index in [1.165, 1.54) is 0 Å². The van der Waals surface area contributed by atoms with E-state index in [1.54, 1.807) is 6.20 Å². The van der Waals surface area contributed by atoms with Crippen LogP contribution in [0.5, 0.6) is 11.5 Å². The van der Waals surface area contributed by atoms with Crippen LogP contribution in [-0.4, -0.2) is 47.9 Å². The summed E-state index contributed by atoms with van der Waals surface area (Å²) in [6.45, 7) is 4.53. The molecule has 4 heterocycles. The Bertz CT molecular complexity index is 976. The van der Waals surface area contributed by atoms with Crippen molar-refractivity contribution in [1.82, 2.24) is 15.0 Å². The van der Waals surface area contributed by atoms with Crippen molar-refractivity contribution >= 4 is 17.6 Å². The number of aromatic nitrogens is 3. The predicted octanol–water partition coefficient (Wildman–Crippen LogP) is 2.54. The number of pyridine rings is 1. The molecule has 0 saturated carbocycles. The van der Waals surface area contributed by atoms with Crippen LogP contribution in [0.4, 0.5) is 17.6 Å². The molecule has 0 atom stereocenters. The first-order valence-electron chi connectivity index (χ1n) is 9.71. The lowest BCUT2D eigenvalue weighted by molar-refractivity contribution is 0.174. The van der Waals surface area contributed by atoms with Crippen molar-refractivity contribution in [3.8, 4) is 11.5 Å². The first-order valence-corrected chi connectivity index (χ1v) is 9.71. The summed E-state index contributed by atoms with van der Waals surface area (Å²) in [6.07, 6.45) is 3.64. The molecule has 2 aliphatic heterocycles. The number of benzene rings is 1. The minimum Gasteiger partial charge on any atom is -0.454 e. The average Bonchev–Trinajstić information content (AvgIpc) is 3.27. The number of piperazine rings is 1. The van der Waals surface area contributed by atoms with Crippen molar-refractivity contribution in [3.05, 3.63) is 60.4 Å². The van der Waals surface area contributed by atoms with Crippen LogP contribution in [0.2, 0.25) is 0 Å². The number of rotatable bonds is 5. The maximum Gasteiger partial charge on any atom is 0.231 e. The Morgan fingerprint density at radius 2 is 1.66 bits per heavy atom. The molecular formula is C21H22N6O2. The summed E-state index contributed by atoms with van der Waals surface area (Å²) in [7, 11) is 0. The molecule has 1 aromatic carbocycles. The zero-order chi connectivity index (χ0) is 19.5. The number of ether oxygens (including phenoxy) is 2. The zero-order valence-corrected chi connectivity index (χ0v) is 16.0. The van der Waals surface area contributed by atoms with Gasteiger partial charge in [-0.25, -0.2) is 9.97 Å². The van der Waals surface area contributed by atoms with Crippen LogP contribution in [0.3, 0.4) is 0 Å². The Morgan fingerprint density at radius 3 is 2.48 bits per heavy atom. The van der Waals surface area contributed by atoms with Crippen molar-refractivity contribution in [2.45, 2.75) is 6.54 Å². The molecule has 8 heteroatoms. The van der Waals surface area contributed by atoms with Crippen molar-refractivity contribution in [1.29, 1.82) is 0 Å². The van der Waals surface area contributed by atoms with Crippen molar-refractivity contribution in [2.24, 2.45) is 0 Å². The highest BCUT2D eigenvalue weighted by molar-refractivity contribution is 5.48. The Labute approximate surface area is 169 Å². The molecule has 2 aromatic heterocycles. The van der Waals surface area contributed by atoms with Gasteiger partial charge in [0.2, 0.25) is 12.7 Å². The van der Waals surface area contributed by atoms with Crippen LogP contribution in [0.25, 0.3) is 0 Å². The molecule has 2 aliphatic rings. The monoisotopic (exact) mass is 390 g/mol. The van der Waals surface area contributed by atoms with Gasteiger partial charge in [-0.3, -0.25) is 0 Å². The number of anilines is 3. The first kappa shape index (κ1) is 17.5. The molecule has 1 N–H and O–H groups in total. The van der Waals surface area contributed by atoms with Crippen molar-refractivity contribution < 1.29 is 9.47 Å². The molecule has 0 unspecified atom stereocenters. The van der Waals surface area contributed by atoms with E-state index in [2.05, 4.69) is 31.2 Å². The number of hydrogen-bond donors (Lipinski definition) is 1. The second-order valence-corrected chi connectivity index (χ2v) is 6.94. The summed E-state index contributed by atoms with van der Waals surface area (Å²) in [5, 5.41) is 3.30.